The van der Waals surface area contributed by atoms with E-state index in [0.29, 0.717) is 18.0 Å². The molecule has 0 spiro atoms. The Morgan fingerprint density at radius 1 is 1.44 bits per heavy atom. The third-order valence-electron chi connectivity index (χ3n) is 4.80. The van der Waals surface area contributed by atoms with Gasteiger partial charge < -0.3 is 14.8 Å². The lowest BCUT2D eigenvalue weighted by Gasteiger charge is -2.13. The highest BCUT2D eigenvalue weighted by atomic mass is 16.5. The molecule has 1 amide bonds. The number of carbonyl (C=O) groups excluding carboxylic acids is 1. The molecule has 1 aromatic heterocycles. The first-order chi connectivity index (χ1) is 12.2. The normalized spacial score (nSPS) is 23.5. The Bertz CT molecular complexity index is 791. The number of pyridine rings is 1. The number of nitrogens with zero attached hydrogens (tertiary/aromatic N) is 1. The van der Waals surface area contributed by atoms with Crippen molar-refractivity contribution in [3.8, 4) is 11.5 Å². The fourth-order valence-electron chi connectivity index (χ4n) is 3.49. The molecule has 5 nitrogen and oxygen atoms in total. The number of aromatic nitrogens is 1. The van der Waals surface area contributed by atoms with E-state index >= 15 is 0 Å². The Morgan fingerprint density at radius 2 is 2.32 bits per heavy atom. The fourth-order valence-corrected chi connectivity index (χ4v) is 3.49. The van der Waals surface area contributed by atoms with Crippen LogP contribution in [-0.2, 0) is 11.2 Å². The molecule has 2 aliphatic rings. The van der Waals surface area contributed by atoms with Crippen LogP contribution in [0, 0.1) is 5.92 Å². The first-order valence-electron chi connectivity index (χ1n) is 8.83. The van der Waals surface area contributed by atoms with Gasteiger partial charge in [0.2, 0.25) is 5.91 Å². The molecule has 1 aliphatic heterocycles. The molecule has 1 N–H and O–H groups in total. The summed E-state index contributed by atoms with van der Waals surface area (Å²) in [5.74, 6) is 1.83. The molecular formula is C20H22N2O3. The zero-order valence-corrected chi connectivity index (χ0v) is 14.5. The molecule has 0 bridgehead atoms. The fraction of sp³-hybridized carbons (Fsp3) is 0.400. The van der Waals surface area contributed by atoms with E-state index in [0.717, 1.165) is 29.7 Å². The number of rotatable bonds is 5. The molecule has 1 aliphatic carbocycles. The number of hydrogen-bond acceptors (Lipinski definition) is 4. The maximum absolute atomic E-state index is 12.7. The van der Waals surface area contributed by atoms with E-state index in [9.17, 15) is 4.79 Å². The quantitative estimate of drug-likeness (QED) is 0.906. The van der Waals surface area contributed by atoms with Crippen molar-refractivity contribution in [3.05, 3.63) is 47.8 Å². The number of benzene rings is 1. The number of ether oxygens (including phenoxy) is 2. The van der Waals surface area contributed by atoms with Crippen LogP contribution in [0.2, 0.25) is 0 Å². The van der Waals surface area contributed by atoms with Crippen molar-refractivity contribution < 1.29 is 14.3 Å². The first-order valence-corrected chi connectivity index (χ1v) is 8.83. The Hall–Kier alpha value is -2.56. The van der Waals surface area contributed by atoms with Crippen LogP contribution in [0.4, 0.5) is 5.69 Å². The Labute approximate surface area is 147 Å². The van der Waals surface area contributed by atoms with Crippen molar-refractivity contribution in [2.24, 2.45) is 5.92 Å². The van der Waals surface area contributed by atoms with Crippen molar-refractivity contribution in [2.75, 3.05) is 11.9 Å². The molecule has 3 unspecified atom stereocenters. The summed E-state index contributed by atoms with van der Waals surface area (Å²) < 4.78 is 11.5. The minimum absolute atomic E-state index is 0.00762. The van der Waals surface area contributed by atoms with Crippen molar-refractivity contribution in [1.29, 1.82) is 0 Å². The van der Waals surface area contributed by atoms with Gasteiger partial charge in [0.05, 0.1) is 12.3 Å². The lowest BCUT2D eigenvalue weighted by Crippen LogP contribution is -2.15. The molecule has 25 heavy (non-hydrogen) atoms. The van der Waals surface area contributed by atoms with Crippen LogP contribution in [0.15, 0.2) is 36.7 Å². The van der Waals surface area contributed by atoms with Gasteiger partial charge in [-0.2, -0.15) is 0 Å². The van der Waals surface area contributed by atoms with Crippen LogP contribution in [0.1, 0.15) is 37.3 Å². The van der Waals surface area contributed by atoms with Gasteiger partial charge in [0, 0.05) is 36.4 Å². The van der Waals surface area contributed by atoms with Gasteiger partial charge in [-0.05, 0) is 43.9 Å². The van der Waals surface area contributed by atoms with E-state index in [2.05, 4.69) is 10.3 Å². The van der Waals surface area contributed by atoms with Crippen molar-refractivity contribution in [2.45, 2.75) is 38.7 Å². The summed E-state index contributed by atoms with van der Waals surface area (Å²) >= 11 is 0. The molecule has 0 saturated heterocycles. The van der Waals surface area contributed by atoms with Gasteiger partial charge >= 0.3 is 0 Å². The molecule has 1 fully saturated rings. The van der Waals surface area contributed by atoms with Gasteiger partial charge in [0.25, 0.3) is 0 Å². The van der Waals surface area contributed by atoms with Crippen molar-refractivity contribution >= 4 is 11.6 Å². The lowest BCUT2D eigenvalue weighted by atomic mass is 10.1. The van der Waals surface area contributed by atoms with Crippen molar-refractivity contribution in [3.63, 3.8) is 0 Å². The van der Waals surface area contributed by atoms with Gasteiger partial charge in [-0.1, -0.05) is 6.07 Å². The second kappa shape index (κ2) is 6.39. The van der Waals surface area contributed by atoms with Gasteiger partial charge in [-0.15, -0.1) is 0 Å². The minimum atomic E-state index is -0.00762. The minimum Gasteiger partial charge on any atom is -0.492 e. The summed E-state index contributed by atoms with van der Waals surface area (Å²) in [4.78, 5) is 16.8. The Balaban J connectivity index is 1.51. The maximum atomic E-state index is 12.7. The predicted molar refractivity (Wildman–Crippen MR) is 95.1 cm³/mol. The second-order valence-corrected chi connectivity index (χ2v) is 6.75. The third kappa shape index (κ3) is 3.18. The zero-order valence-electron chi connectivity index (χ0n) is 14.5. The van der Waals surface area contributed by atoms with Crippen LogP contribution in [-0.4, -0.2) is 23.6 Å². The van der Waals surface area contributed by atoms with E-state index in [1.165, 1.54) is 0 Å². The number of amides is 1. The smallest absolute Gasteiger partial charge is 0.228 e. The summed E-state index contributed by atoms with van der Waals surface area (Å²) in [5, 5.41) is 3.04. The zero-order chi connectivity index (χ0) is 17.4. The summed E-state index contributed by atoms with van der Waals surface area (Å²) in [6.45, 7) is 4.54. The predicted octanol–water partition coefficient (Wildman–Crippen LogP) is 3.55. The molecule has 0 radical (unpaired) electrons. The van der Waals surface area contributed by atoms with Crippen LogP contribution in [0.3, 0.4) is 0 Å². The molecule has 4 rings (SSSR count). The molecule has 5 heteroatoms. The Kier molecular flexibility index (Phi) is 4.07. The van der Waals surface area contributed by atoms with E-state index < -0.39 is 0 Å². The highest BCUT2D eigenvalue weighted by molar-refractivity contribution is 5.96. The average molecular weight is 338 g/mol. The average Bonchev–Trinajstić information content (AvgIpc) is 3.33. The number of nitrogens with one attached hydrogen (secondary N) is 1. The molecule has 2 aromatic rings. The van der Waals surface area contributed by atoms with Crippen LogP contribution < -0.4 is 14.8 Å². The molecule has 1 saturated carbocycles. The van der Waals surface area contributed by atoms with Crippen LogP contribution >= 0.6 is 0 Å². The van der Waals surface area contributed by atoms with Gasteiger partial charge in [-0.25, -0.2) is 0 Å². The van der Waals surface area contributed by atoms with Gasteiger partial charge in [0.1, 0.15) is 17.6 Å². The highest BCUT2D eigenvalue weighted by Crippen LogP contribution is 2.48. The van der Waals surface area contributed by atoms with E-state index in [1.54, 1.807) is 6.20 Å². The summed E-state index contributed by atoms with van der Waals surface area (Å²) in [7, 11) is 0. The van der Waals surface area contributed by atoms with Crippen LogP contribution in [0.25, 0.3) is 0 Å². The van der Waals surface area contributed by atoms with Gasteiger partial charge in [0.15, 0.2) is 0 Å². The largest absolute Gasteiger partial charge is 0.492 e. The monoisotopic (exact) mass is 338 g/mol. The molecule has 1 aromatic carbocycles. The number of fused-ring (bicyclic) bond motifs is 1. The van der Waals surface area contributed by atoms with E-state index in [1.807, 2.05) is 44.3 Å². The van der Waals surface area contributed by atoms with Crippen LogP contribution in [0.5, 0.6) is 11.5 Å². The molecule has 2 heterocycles. The number of carbonyl (C=O) groups is 1. The number of anilines is 1. The summed E-state index contributed by atoms with van der Waals surface area (Å²) in [5.41, 5.74) is 2.95. The SMILES string of the molecule is CCOc1cc2c(cc1NC(=O)C1CC1c1cccnc1)OC(C)C2. The second-order valence-electron chi connectivity index (χ2n) is 6.75. The van der Waals surface area contributed by atoms with E-state index in [-0.39, 0.29) is 23.8 Å². The summed E-state index contributed by atoms with van der Waals surface area (Å²) in [6.07, 6.45) is 5.48. The summed E-state index contributed by atoms with van der Waals surface area (Å²) in [6, 6.07) is 7.82. The lowest BCUT2D eigenvalue weighted by molar-refractivity contribution is -0.117. The topological polar surface area (TPSA) is 60.5 Å². The maximum Gasteiger partial charge on any atom is 0.228 e. The van der Waals surface area contributed by atoms with Gasteiger partial charge in [-0.3, -0.25) is 9.78 Å². The molecule has 130 valence electrons. The van der Waals surface area contributed by atoms with Crippen molar-refractivity contribution in [1.82, 2.24) is 4.98 Å². The molecular weight excluding hydrogens is 316 g/mol. The molecule has 3 atom stereocenters. The standard InChI is InChI=1S/C20H22N2O3/c1-3-24-19-8-14-7-12(2)25-18(14)10-17(19)22-20(23)16-9-15(16)13-5-4-6-21-11-13/h4-6,8,10-12,15-16H,3,7,9H2,1-2H3,(H,22,23). The number of hydrogen-bond donors (Lipinski definition) is 1. The third-order valence-corrected chi connectivity index (χ3v) is 4.80. The highest BCUT2D eigenvalue weighted by Gasteiger charge is 2.44. The Morgan fingerprint density at radius 3 is 3.08 bits per heavy atom. The van der Waals surface area contributed by atoms with E-state index in [4.69, 9.17) is 9.47 Å². The first kappa shape index (κ1) is 15.9.